The number of carbonyl (C=O) groups is 1. The van der Waals surface area contributed by atoms with E-state index < -0.39 is 0 Å². The highest BCUT2D eigenvalue weighted by Gasteiger charge is 2.26. The molecule has 0 aromatic heterocycles. The highest BCUT2D eigenvalue weighted by atomic mass is 32.2. The predicted molar refractivity (Wildman–Crippen MR) is 127 cm³/mol. The molecule has 0 heterocycles. The molecule has 0 N–H and O–H groups in total. The standard InChI is InChI=1S/C27H37OS/c1-2-3-4-5-12-21-29(22-27(28)25-15-10-7-11-16-25)26-19-17-24(18-20-26)23-13-8-6-9-14-23/h7,10-11,15-20,23H,2-6,8-9,12-14,21-22H2,1H3/q+1. The lowest BCUT2D eigenvalue weighted by Crippen LogP contribution is -2.20. The van der Waals surface area contributed by atoms with Crippen LogP contribution >= 0.6 is 0 Å². The third-order valence-electron chi connectivity index (χ3n) is 6.19. The molecule has 1 fully saturated rings. The van der Waals surface area contributed by atoms with Gasteiger partial charge in [-0.15, -0.1) is 0 Å². The Balaban J connectivity index is 1.66. The largest absolute Gasteiger partial charge is 0.289 e. The molecular weight excluding hydrogens is 372 g/mol. The van der Waals surface area contributed by atoms with Gasteiger partial charge in [0.25, 0.3) is 0 Å². The lowest BCUT2D eigenvalue weighted by Gasteiger charge is -2.22. The van der Waals surface area contributed by atoms with E-state index in [0.717, 1.165) is 17.2 Å². The maximum Gasteiger partial charge on any atom is 0.212 e. The number of unbranched alkanes of at least 4 members (excludes halogenated alkanes) is 4. The van der Waals surface area contributed by atoms with Crippen molar-refractivity contribution < 1.29 is 4.79 Å². The maximum absolute atomic E-state index is 12.9. The fraction of sp³-hybridized carbons (Fsp3) is 0.519. The van der Waals surface area contributed by atoms with Crippen molar-refractivity contribution in [3.05, 3.63) is 65.7 Å². The summed E-state index contributed by atoms with van der Waals surface area (Å²) in [6.07, 6.45) is 13.3. The molecule has 2 heteroatoms. The first-order valence-electron chi connectivity index (χ1n) is 11.6. The monoisotopic (exact) mass is 409 g/mol. The zero-order valence-electron chi connectivity index (χ0n) is 18.1. The van der Waals surface area contributed by atoms with E-state index in [2.05, 4.69) is 31.2 Å². The van der Waals surface area contributed by atoms with Crippen LogP contribution in [0, 0.1) is 0 Å². The van der Waals surface area contributed by atoms with E-state index >= 15 is 0 Å². The van der Waals surface area contributed by atoms with Gasteiger partial charge in [0, 0.05) is 16.5 Å². The lowest BCUT2D eigenvalue weighted by molar-refractivity contribution is 0.102. The molecule has 1 aliphatic carbocycles. The molecule has 0 spiro atoms. The number of Topliss-reactive ketones (excluding diaryl/α,β-unsaturated/α-hetero) is 1. The summed E-state index contributed by atoms with van der Waals surface area (Å²) in [4.78, 5) is 14.3. The van der Waals surface area contributed by atoms with Crippen LogP contribution in [0.15, 0.2) is 59.5 Å². The molecule has 2 aromatic rings. The zero-order valence-corrected chi connectivity index (χ0v) is 18.9. The van der Waals surface area contributed by atoms with Gasteiger partial charge in [-0.25, -0.2) is 0 Å². The summed E-state index contributed by atoms with van der Waals surface area (Å²) in [6, 6.07) is 19.2. The van der Waals surface area contributed by atoms with Crippen molar-refractivity contribution in [2.75, 3.05) is 11.5 Å². The van der Waals surface area contributed by atoms with E-state index in [1.54, 1.807) is 0 Å². The quantitative estimate of drug-likeness (QED) is 0.212. The van der Waals surface area contributed by atoms with E-state index in [0.29, 0.717) is 11.5 Å². The molecule has 0 amide bonds. The second kappa shape index (κ2) is 12.2. The molecule has 1 unspecified atom stereocenters. The van der Waals surface area contributed by atoms with Gasteiger partial charge < -0.3 is 0 Å². The summed E-state index contributed by atoms with van der Waals surface area (Å²) in [5, 5.41) is 0. The molecule has 2 aromatic carbocycles. The van der Waals surface area contributed by atoms with Gasteiger partial charge in [-0.05, 0) is 49.3 Å². The van der Waals surface area contributed by atoms with Crippen LogP contribution in [0.3, 0.4) is 0 Å². The van der Waals surface area contributed by atoms with Crippen molar-refractivity contribution >= 4 is 16.7 Å². The molecular formula is C27H37OS+. The average Bonchev–Trinajstić information content (AvgIpc) is 2.79. The van der Waals surface area contributed by atoms with Crippen LogP contribution in [0.25, 0.3) is 0 Å². The Morgan fingerprint density at radius 3 is 2.24 bits per heavy atom. The fourth-order valence-electron chi connectivity index (χ4n) is 4.39. The summed E-state index contributed by atoms with van der Waals surface area (Å²) < 4.78 is 0. The Labute approximate surface area is 180 Å². The van der Waals surface area contributed by atoms with E-state index in [1.165, 1.54) is 74.7 Å². The molecule has 1 nitrogen and oxygen atoms in total. The Hall–Kier alpha value is -1.54. The molecule has 0 aliphatic heterocycles. The van der Waals surface area contributed by atoms with Crippen molar-refractivity contribution in [1.29, 1.82) is 0 Å². The molecule has 3 rings (SSSR count). The molecule has 0 saturated heterocycles. The number of rotatable bonds is 11. The fourth-order valence-corrected chi connectivity index (χ4v) is 6.49. The average molecular weight is 410 g/mol. The topological polar surface area (TPSA) is 17.1 Å². The van der Waals surface area contributed by atoms with E-state index in [4.69, 9.17) is 0 Å². The summed E-state index contributed by atoms with van der Waals surface area (Å²) in [5.41, 5.74) is 2.36. The van der Waals surface area contributed by atoms with Crippen LogP contribution < -0.4 is 0 Å². The van der Waals surface area contributed by atoms with Crippen molar-refractivity contribution in [3.8, 4) is 0 Å². The van der Waals surface area contributed by atoms with Crippen LogP contribution in [0.2, 0.25) is 0 Å². The second-order valence-electron chi connectivity index (χ2n) is 8.45. The molecule has 156 valence electrons. The Kier molecular flexibility index (Phi) is 9.34. The molecule has 0 bridgehead atoms. The minimum atomic E-state index is 0.0134. The summed E-state index contributed by atoms with van der Waals surface area (Å²) >= 11 is 0. The minimum Gasteiger partial charge on any atom is -0.289 e. The molecule has 1 saturated carbocycles. The molecule has 29 heavy (non-hydrogen) atoms. The number of hydrogen-bond donors (Lipinski definition) is 0. The number of benzene rings is 2. The number of hydrogen-bond acceptors (Lipinski definition) is 1. The van der Waals surface area contributed by atoms with Gasteiger partial charge in [-0.1, -0.05) is 87.9 Å². The highest BCUT2D eigenvalue weighted by Crippen LogP contribution is 2.33. The van der Waals surface area contributed by atoms with E-state index in [9.17, 15) is 4.79 Å². The van der Waals surface area contributed by atoms with Crippen LogP contribution in [0.5, 0.6) is 0 Å². The Morgan fingerprint density at radius 1 is 0.862 bits per heavy atom. The van der Waals surface area contributed by atoms with Crippen molar-refractivity contribution in [2.24, 2.45) is 0 Å². The molecule has 1 atom stereocenters. The predicted octanol–water partition coefficient (Wildman–Crippen LogP) is 7.56. The van der Waals surface area contributed by atoms with Gasteiger partial charge in [0.05, 0.1) is 0 Å². The minimum absolute atomic E-state index is 0.0134. The third kappa shape index (κ3) is 7.03. The normalized spacial score (nSPS) is 15.9. The SMILES string of the molecule is CCCCCCC[S+](CC(=O)c1ccccc1)c1ccc(C2CCCCC2)cc1. The van der Waals surface area contributed by atoms with E-state index in [1.807, 2.05) is 30.3 Å². The number of carbonyl (C=O) groups excluding carboxylic acids is 1. The van der Waals surface area contributed by atoms with Crippen molar-refractivity contribution in [1.82, 2.24) is 0 Å². The van der Waals surface area contributed by atoms with Crippen LogP contribution in [0.4, 0.5) is 0 Å². The highest BCUT2D eigenvalue weighted by molar-refractivity contribution is 7.97. The Bertz CT molecular complexity index is 716. The van der Waals surface area contributed by atoms with Gasteiger partial charge in [0.2, 0.25) is 5.78 Å². The maximum atomic E-state index is 12.9. The first kappa shape index (κ1) is 22.2. The Morgan fingerprint density at radius 2 is 1.55 bits per heavy atom. The van der Waals surface area contributed by atoms with Crippen molar-refractivity contribution in [2.45, 2.75) is 81.9 Å². The van der Waals surface area contributed by atoms with Gasteiger partial charge in [0.1, 0.15) is 5.75 Å². The van der Waals surface area contributed by atoms with Crippen LogP contribution in [-0.2, 0) is 10.9 Å². The van der Waals surface area contributed by atoms with Gasteiger partial charge >= 0.3 is 0 Å². The van der Waals surface area contributed by atoms with Gasteiger partial charge in [0.15, 0.2) is 10.6 Å². The third-order valence-corrected chi connectivity index (χ3v) is 8.52. The summed E-state index contributed by atoms with van der Waals surface area (Å²) in [7, 11) is 0.0134. The van der Waals surface area contributed by atoms with Crippen LogP contribution in [0.1, 0.15) is 93.0 Å². The van der Waals surface area contributed by atoms with Crippen molar-refractivity contribution in [3.63, 3.8) is 0 Å². The van der Waals surface area contributed by atoms with E-state index in [-0.39, 0.29) is 10.9 Å². The molecule has 1 aliphatic rings. The second-order valence-corrected chi connectivity index (χ2v) is 10.6. The number of ketones is 1. The summed E-state index contributed by atoms with van der Waals surface area (Å²) in [5.74, 6) is 2.84. The smallest absolute Gasteiger partial charge is 0.212 e. The lowest BCUT2D eigenvalue weighted by atomic mass is 9.84. The molecule has 0 radical (unpaired) electrons. The van der Waals surface area contributed by atoms with Gasteiger partial charge in [-0.2, -0.15) is 0 Å². The van der Waals surface area contributed by atoms with Gasteiger partial charge in [-0.3, -0.25) is 4.79 Å². The zero-order chi connectivity index (χ0) is 20.3. The first-order valence-corrected chi connectivity index (χ1v) is 13.2. The summed E-state index contributed by atoms with van der Waals surface area (Å²) in [6.45, 7) is 2.26. The first-order chi connectivity index (χ1) is 14.3. The van der Waals surface area contributed by atoms with Crippen LogP contribution in [-0.4, -0.2) is 17.3 Å².